The Hall–Kier alpha value is -3.22. The number of tetrazole rings is 1. The number of aromatic nitrogens is 4. The molecule has 0 unspecified atom stereocenters. The summed E-state index contributed by atoms with van der Waals surface area (Å²) in [6.45, 7) is 0. The van der Waals surface area contributed by atoms with Gasteiger partial charge < -0.3 is 10.1 Å². The molecule has 1 aromatic heterocycles. The average Bonchev–Trinajstić information content (AvgIpc) is 3.10. The van der Waals surface area contributed by atoms with Crippen molar-refractivity contribution < 1.29 is 9.13 Å². The Morgan fingerprint density at radius 2 is 1.92 bits per heavy atom. The normalized spacial score (nSPS) is 16.1. The molecular weight excluding hydrogens is 309 g/mol. The molecule has 7 heteroatoms. The minimum Gasteiger partial charge on any atom is -0.496 e. The van der Waals surface area contributed by atoms with Crippen LogP contribution < -0.4 is 10.1 Å². The summed E-state index contributed by atoms with van der Waals surface area (Å²) < 4.78 is 20.3. The predicted molar refractivity (Wildman–Crippen MR) is 86.9 cm³/mol. The Morgan fingerprint density at radius 3 is 2.71 bits per heavy atom. The molecule has 2 aromatic carbocycles. The van der Waals surface area contributed by atoms with Crippen molar-refractivity contribution >= 4 is 11.6 Å². The monoisotopic (exact) mass is 323 g/mol. The molecular formula is C17H14FN5O. The predicted octanol–water partition coefficient (Wildman–Crippen LogP) is 2.88. The van der Waals surface area contributed by atoms with E-state index in [1.807, 2.05) is 30.3 Å². The fourth-order valence-corrected chi connectivity index (χ4v) is 2.78. The molecule has 0 amide bonds. The van der Waals surface area contributed by atoms with E-state index >= 15 is 0 Å². The van der Waals surface area contributed by atoms with Gasteiger partial charge in [-0.15, -0.1) is 0 Å². The molecule has 0 saturated carbocycles. The highest BCUT2D eigenvalue weighted by molar-refractivity contribution is 5.77. The van der Waals surface area contributed by atoms with Crippen LogP contribution in [0.1, 0.15) is 17.2 Å². The summed E-state index contributed by atoms with van der Waals surface area (Å²) in [5, 5.41) is 15.0. The second-order valence-electron chi connectivity index (χ2n) is 5.35. The van der Waals surface area contributed by atoms with E-state index in [2.05, 4.69) is 20.8 Å². The van der Waals surface area contributed by atoms with Crippen LogP contribution in [0.4, 0.5) is 10.3 Å². The Balaban J connectivity index is 1.83. The molecule has 6 nitrogen and oxygen atoms in total. The molecule has 1 N–H and O–H groups in total. The molecule has 24 heavy (non-hydrogen) atoms. The van der Waals surface area contributed by atoms with Gasteiger partial charge in [0.1, 0.15) is 17.6 Å². The molecule has 0 radical (unpaired) electrons. The standard InChI is InChI=1S/C17H14FN5O/c1-24-16-5-3-2-4-13(16)15-10-14(11-6-8-12(18)9-7-11)19-17-20-21-22-23(15)17/h2-10,15H,1H3,(H,19,20,22)/t15-/m1/s1. The first kappa shape index (κ1) is 14.4. The number of allylic oxidation sites excluding steroid dienone is 1. The van der Waals surface area contributed by atoms with E-state index < -0.39 is 0 Å². The number of anilines is 1. The fourth-order valence-electron chi connectivity index (χ4n) is 2.78. The van der Waals surface area contributed by atoms with Crippen molar-refractivity contribution in [3.63, 3.8) is 0 Å². The van der Waals surface area contributed by atoms with Gasteiger partial charge in [-0.25, -0.2) is 4.39 Å². The summed E-state index contributed by atoms with van der Waals surface area (Å²) in [6, 6.07) is 13.8. The van der Waals surface area contributed by atoms with Gasteiger partial charge in [-0.3, -0.25) is 0 Å². The van der Waals surface area contributed by atoms with Crippen molar-refractivity contribution in [3.8, 4) is 5.75 Å². The molecule has 2 heterocycles. The van der Waals surface area contributed by atoms with Crippen molar-refractivity contribution in [1.82, 2.24) is 20.2 Å². The third kappa shape index (κ3) is 2.40. The minimum atomic E-state index is -0.277. The lowest BCUT2D eigenvalue weighted by Crippen LogP contribution is -2.20. The highest BCUT2D eigenvalue weighted by Crippen LogP contribution is 2.35. The smallest absolute Gasteiger partial charge is 0.248 e. The summed E-state index contributed by atoms with van der Waals surface area (Å²) in [7, 11) is 1.63. The Morgan fingerprint density at radius 1 is 1.12 bits per heavy atom. The van der Waals surface area contributed by atoms with Crippen LogP contribution in [0.15, 0.2) is 54.6 Å². The SMILES string of the molecule is COc1ccccc1[C@H]1C=C(c2ccc(F)cc2)Nc2nnnn21. The van der Waals surface area contributed by atoms with Crippen molar-refractivity contribution in [3.05, 3.63) is 71.6 Å². The molecule has 0 saturated heterocycles. The van der Waals surface area contributed by atoms with Crippen LogP contribution in [0.25, 0.3) is 5.70 Å². The van der Waals surface area contributed by atoms with E-state index in [0.717, 1.165) is 22.6 Å². The number of halogens is 1. The molecule has 1 aliphatic heterocycles. The summed E-state index contributed by atoms with van der Waals surface area (Å²) in [5.41, 5.74) is 2.61. The summed E-state index contributed by atoms with van der Waals surface area (Å²) in [5.74, 6) is 0.995. The van der Waals surface area contributed by atoms with Crippen LogP contribution in [0.3, 0.4) is 0 Å². The molecule has 0 bridgehead atoms. The number of hydrogen-bond donors (Lipinski definition) is 1. The molecule has 1 atom stereocenters. The van der Waals surface area contributed by atoms with Crippen LogP contribution in [-0.2, 0) is 0 Å². The zero-order valence-electron chi connectivity index (χ0n) is 12.8. The Labute approximate surface area is 137 Å². The average molecular weight is 323 g/mol. The van der Waals surface area contributed by atoms with E-state index in [-0.39, 0.29) is 11.9 Å². The van der Waals surface area contributed by atoms with Crippen LogP contribution in [0, 0.1) is 5.82 Å². The van der Waals surface area contributed by atoms with Crippen LogP contribution in [-0.4, -0.2) is 27.3 Å². The molecule has 120 valence electrons. The lowest BCUT2D eigenvalue weighted by molar-refractivity contribution is 0.403. The number of ether oxygens (including phenoxy) is 1. The molecule has 3 aromatic rings. The Bertz CT molecular complexity index is 903. The maximum atomic E-state index is 13.2. The van der Waals surface area contributed by atoms with Gasteiger partial charge in [0, 0.05) is 11.3 Å². The lowest BCUT2D eigenvalue weighted by Gasteiger charge is -2.24. The topological polar surface area (TPSA) is 64.9 Å². The van der Waals surface area contributed by atoms with Gasteiger partial charge in [-0.05, 0) is 52.4 Å². The third-order valence-corrected chi connectivity index (χ3v) is 3.94. The molecule has 4 rings (SSSR count). The van der Waals surface area contributed by atoms with Gasteiger partial charge in [0.05, 0.1) is 7.11 Å². The summed E-state index contributed by atoms with van der Waals surface area (Å²) in [4.78, 5) is 0. The van der Waals surface area contributed by atoms with E-state index in [0.29, 0.717) is 5.95 Å². The van der Waals surface area contributed by atoms with Crippen LogP contribution >= 0.6 is 0 Å². The first-order valence-electron chi connectivity index (χ1n) is 7.42. The van der Waals surface area contributed by atoms with Crippen molar-refractivity contribution in [2.24, 2.45) is 0 Å². The van der Waals surface area contributed by atoms with Crippen molar-refractivity contribution in [1.29, 1.82) is 0 Å². The second kappa shape index (κ2) is 5.77. The molecule has 0 spiro atoms. The minimum absolute atomic E-state index is 0.229. The van der Waals surface area contributed by atoms with Crippen molar-refractivity contribution in [2.45, 2.75) is 6.04 Å². The third-order valence-electron chi connectivity index (χ3n) is 3.94. The number of nitrogens with one attached hydrogen (secondary N) is 1. The zero-order chi connectivity index (χ0) is 16.5. The second-order valence-corrected chi connectivity index (χ2v) is 5.35. The number of methoxy groups -OCH3 is 1. The van der Waals surface area contributed by atoms with Gasteiger partial charge in [-0.2, -0.15) is 4.68 Å². The van der Waals surface area contributed by atoms with Crippen LogP contribution in [0.2, 0.25) is 0 Å². The summed E-state index contributed by atoms with van der Waals surface area (Å²) in [6.07, 6.45) is 1.99. The number of rotatable bonds is 3. The maximum absolute atomic E-state index is 13.2. The van der Waals surface area contributed by atoms with Gasteiger partial charge in [0.25, 0.3) is 0 Å². The number of hydrogen-bond acceptors (Lipinski definition) is 5. The van der Waals surface area contributed by atoms with E-state index in [9.17, 15) is 4.39 Å². The first-order valence-corrected chi connectivity index (χ1v) is 7.42. The molecule has 1 aliphatic rings. The highest BCUT2D eigenvalue weighted by Gasteiger charge is 2.26. The van der Waals surface area contributed by atoms with E-state index in [1.165, 1.54) is 12.1 Å². The zero-order valence-corrected chi connectivity index (χ0v) is 12.8. The Kier molecular flexibility index (Phi) is 3.45. The quantitative estimate of drug-likeness (QED) is 0.803. The fraction of sp³-hybridized carbons (Fsp3) is 0.118. The van der Waals surface area contributed by atoms with Gasteiger partial charge in [-0.1, -0.05) is 23.3 Å². The highest BCUT2D eigenvalue weighted by atomic mass is 19.1. The van der Waals surface area contributed by atoms with Crippen LogP contribution in [0.5, 0.6) is 5.75 Å². The maximum Gasteiger partial charge on any atom is 0.248 e. The largest absolute Gasteiger partial charge is 0.496 e. The number of para-hydroxylation sites is 1. The molecule has 0 aliphatic carbocycles. The number of fused-ring (bicyclic) bond motifs is 1. The number of nitrogens with zero attached hydrogens (tertiary/aromatic N) is 4. The first-order chi connectivity index (χ1) is 11.8. The summed E-state index contributed by atoms with van der Waals surface area (Å²) >= 11 is 0. The van der Waals surface area contributed by atoms with Gasteiger partial charge in [0.2, 0.25) is 5.95 Å². The van der Waals surface area contributed by atoms with Crippen molar-refractivity contribution in [2.75, 3.05) is 12.4 Å². The number of benzene rings is 2. The van der Waals surface area contributed by atoms with Gasteiger partial charge >= 0.3 is 0 Å². The van der Waals surface area contributed by atoms with E-state index in [4.69, 9.17) is 4.74 Å². The van der Waals surface area contributed by atoms with Gasteiger partial charge in [0.15, 0.2) is 0 Å². The molecule has 0 fully saturated rings. The lowest BCUT2D eigenvalue weighted by atomic mass is 10.0. The van der Waals surface area contributed by atoms with E-state index in [1.54, 1.807) is 23.9 Å².